The molecule has 0 saturated carbocycles. The summed E-state index contributed by atoms with van der Waals surface area (Å²) in [6.45, 7) is 3.60. The van der Waals surface area contributed by atoms with Crippen LogP contribution in [0.5, 0.6) is 0 Å². The van der Waals surface area contributed by atoms with E-state index in [1.54, 1.807) is 24.7 Å². The first kappa shape index (κ1) is 25.2. The van der Waals surface area contributed by atoms with Gasteiger partial charge in [-0.05, 0) is 50.6 Å². The summed E-state index contributed by atoms with van der Waals surface area (Å²) in [5, 5.41) is 3.41. The quantitative estimate of drug-likeness (QED) is 0.552. The minimum Gasteiger partial charge on any atom is -0.373 e. The number of benzene rings is 1. The van der Waals surface area contributed by atoms with Gasteiger partial charge < -0.3 is 16.0 Å². The van der Waals surface area contributed by atoms with E-state index in [2.05, 4.69) is 37.8 Å². The Bertz CT molecular complexity index is 1190. The first-order valence-corrected chi connectivity index (χ1v) is 11.6. The van der Waals surface area contributed by atoms with Gasteiger partial charge in [-0.1, -0.05) is 36.4 Å². The molecule has 1 saturated heterocycles. The van der Waals surface area contributed by atoms with Crippen LogP contribution in [0.1, 0.15) is 46.9 Å². The first-order chi connectivity index (χ1) is 16.6. The van der Waals surface area contributed by atoms with E-state index >= 15 is 0 Å². The van der Waals surface area contributed by atoms with Crippen molar-refractivity contribution in [2.45, 2.75) is 26.2 Å². The molecule has 0 radical (unpaired) electrons. The predicted molar refractivity (Wildman–Crippen MR) is 137 cm³/mol. The Hall–Kier alpha value is -3.47. The van der Waals surface area contributed by atoms with Crippen LogP contribution in [0.3, 0.4) is 0 Å². The molecule has 1 amide bonds. The first-order valence-electron chi connectivity index (χ1n) is 11.3. The number of carbonyl (C=O) groups is 1. The van der Waals surface area contributed by atoms with Crippen LogP contribution in [0.25, 0.3) is 11.3 Å². The zero-order chi connectivity index (χ0) is 24.5. The van der Waals surface area contributed by atoms with Gasteiger partial charge in [0.2, 0.25) is 0 Å². The largest absolute Gasteiger partial charge is 0.373 e. The lowest BCUT2D eigenvalue weighted by Crippen LogP contribution is -2.27. The van der Waals surface area contributed by atoms with Crippen molar-refractivity contribution in [2.75, 3.05) is 32.5 Å². The molecule has 34 heavy (non-hydrogen) atoms. The molecule has 0 bridgehead atoms. The molecule has 1 aliphatic rings. The van der Waals surface area contributed by atoms with Crippen LogP contribution >= 0.6 is 11.6 Å². The third-order valence-electron chi connectivity index (χ3n) is 5.48. The van der Waals surface area contributed by atoms with Crippen LogP contribution in [0.4, 0.5) is 5.82 Å². The summed E-state index contributed by atoms with van der Waals surface area (Å²) in [4.78, 5) is 27.8. The lowest BCUT2D eigenvalue weighted by atomic mass is 10.0. The van der Waals surface area contributed by atoms with Crippen LogP contribution in [0, 0.1) is 11.8 Å². The van der Waals surface area contributed by atoms with Gasteiger partial charge >= 0.3 is 0 Å². The molecule has 3 aromatic rings. The number of nitrogens with zero attached hydrogens (tertiary/aromatic N) is 4. The number of aryl methyl sites for hydroxylation is 1. The van der Waals surface area contributed by atoms with E-state index in [-0.39, 0.29) is 5.91 Å². The normalized spacial score (nSPS) is 12.3. The number of pyridine rings is 1. The summed E-state index contributed by atoms with van der Waals surface area (Å²) in [7, 11) is 3.32. The number of aromatic nitrogens is 3. The predicted octanol–water partition coefficient (Wildman–Crippen LogP) is 4.01. The smallest absolute Gasteiger partial charge is 0.255 e. The minimum atomic E-state index is -0.0199. The van der Waals surface area contributed by atoms with Gasteiger partial charge in [0.05, 0.1) is 27.5 Å². The highest BCUT2D eigenvalue weighted by Crippen LogP contribution is 2.29. The number of hydrogen-bond acceptors (Lipinski definition) is 6. The number of carbonyl (C=O) groups excluding carboxylic acids is 1. The Morgan fingerprint density at radius 3 is 2.50 bits per heavy atom. The monoisotopic (exact) mass is 476 g/mol. The number of likely N-dealkylation sites (tertiary alicyclic amines) is 1. The summed E-state index contributed by atoms with van der Waals surface area (Å²) in [5.74, 6) is 7.16. The molecule has 0 atom stereocenters. The Labute approximate surface area is 205 Å². The van der Waals surface area contributed by atoms with Gasteiger partial charge in [0.1, 0.15) is 12.1 Å². The van der Waals surface area contributed by atoms with Gasteiger partial charge in [-0.3, -0.25) is 4.79 Å². The van der Waals surface area contributed by atoms with Crippen molar-refractivity contribution >= 4 is 23.3 Å². The number of anilines is 1. The highest BCUT2D eigenvalue weighted by molar-refractivity contribution is 6.34. The van der Waals surface area contributed by atoms with Gasteiger partial charge in [0.25, 0.3) is 5.91 Å². The summed E-state index contributed by atoms with van der Waals surface area (Å²) in [6.07, 6.45) is 6.06. The van der Waals surface area contributed by atoms with Crippen molar-refractivity contribution < 1.29 is 4.79 Å². The van der Waals surface area contributed by atoms with E-state index in [9.17, 15) is 4.79 Å². The Morgan fingerprint density at radius 1 is 1.12 bits per heavy atom. The van der Waals surface area contributed by atoms with Crippen molar-refractivity contribution in [3.63, 3.8) is 0 Å². The Morgan fingerprint density at radius 2 is 1.88 bits per heavy atom. The van der Waals surface area contributed by atoms with E-state index in [1.807, 2.05) is 37.1 Å². The molecule has 4 rings (SSSR count). The van der Waals surface area contributed by atoms with Crippen LogP contribution in [0.15, 0.2) is 42.9 Å². The van der Waals surface area contributed by atoms with E-state index in [0.29, 0.717) is 16.3 Å². The average Bonchev–Trinajstić information content (AvgIpc) is 3.43. The molecular weight excluding hydrogens is 448 g/mol. The fourth-order valence-electron chi connectivity index (χ4n) is 3.72. The molecule has 1 aliphatic heterocycles. The van der Waals surface area contributed by atoms with Gasteiger partial charge in [-0.15, -0.1) is 0 Å². The number of nitrogens with one attached hydrogen (secondary N) is 1. The third kappa shape index (κ3) is 5.71. The zero-order valence-electron chi connectivity index (χ0n) is 19.7. The van der Waals surface area contributed by atoms with E-state index in [1.165, 1.54) is 7.05 Å². The molecule has 0 spiro atoms. The number of amides is 1. The molecule has 8 heteroatoms. The van der Waals surface area contributed by atoms with Crippen LogP contribution in [-0.4, -0.2) is 52.9 Å². The van der Waals surface area contributed by atoms with Crippen molar-refractivity contribution in [2.24, 2.45) is 5.73 Å². The average molecular weight is 477 g/mol. The molecule has 1 fully saturated rings. The number of halogens is 1. The molecule has 0 unspecified atom stereocenters. The molecule has 176 valence electrons. The van der Waals surface area contributed by atoms with E-state index in [4.69, 9.17) is 11.6 Å². The maximum Gasteiger partial charge on any atom is 0.255 e. The lowest BCUT2D eigenvalue weighted by molar-refractivity contribution is 0.0793. The second-order valence-corrected chi connectivity index (χ2v) is 7.93. The molecule has 7 nitrogen and oxygen atoms in total. The Kier molecular flexibility index (Phi) is 8.97. The highest BCUT2D eigenvalue weighted by atomic mass is 35.5. The number of hydrogen-bond donors (Lipinski definition) is 2. The Balaban J connectivity index is 0.00000158. The molecule has 1 aromatic carbocycles. The standard InChI is InChI=1S/C25H24ClN5O.CH5N/c1-3-22-20(9-6-17-7-11-23(27-2)28-15-17)24(30-16-29-22)18-8-10-19(21(26)14-18)25(32)31-12-4-5-13-31;1-2/h7-8,10-11,14-16H,3-5,12-13H2,1-2H3,(H,27,28);2H2,1H3. The summed E-state index contributed by atoms with van der Waals surface area (Å²) >= 11 is 6.54. The molecule has 3 N–H and O–H groups in total. The lowest BCUT2D eigenvalue weighted by Gasteiger charge is -2.16. The molecular formula is C26H29ClN6O. The van der Waals surface area contributed by atoms with Gasteiger partial charge in [0.15, 0.2) is 0 Å². The van der Waals surface area contributed by atoms with Crippen molar-refractivity contribution in [3.8, 4) is 23.1 Å². The molecule has 3 heterocycles. The summed E-state index contributed by atoms with van der Waals surface area (Å²) in [6, 6.07) is 9.25. The van der Waals surface area contributed by atoms with Crippen molar-refractivity contribution in [1.82, 2.24) is 19.9 Å². The third-order valence-corrected chi connectivity index (χ3v) is 5.79. The second-order valence-electron chi connectivity index (χ2n) is 7.52. The topological polar surface area (TPSA) is 97.0 Å². The van der Waals surface area contributed by atoms with Crippen LogP contribution in [-0.2, 0) is 6.42 Å². The van der Waals surface area contributed by atoms with Crippen molar-refractivity contribution in [1.29, 1.82) is 0 Å². The van der Waals surface area contributed by atoms with Crippen LogP contribution < -0.4 is 11.1 Å². The van der Waals surface area contributed by atoms with Crippen molar-refractivity contribution in [3.05, 3.63) is 70.3 Å². The molecule has 0 aliphatic carbocycles. The maximum absolute atomic E-state index is 12.8. The van der Waals surface area contributed by atoms with E-state index in [0.717, 1.165) is 60.6 Å². The van der Waals surface area contributed by atoms with Gasteiger partial charge in [-0.25, -0.2) is 15.0 Å². The van der Waals surface area contributed by atoms with E-state index < -0.39 is 0 Å². The SMILES string of the molecule is CCc1ncnc(-c2ccc(C(=O)N3CCCC3)c(Cl)c2)c1C#Cc1ccc(NC)nc1.CN. The maximum atomic E-state index is 12.8. The van der Waals surface area contributed by atoms with Gasteiger partial charge in [0, 0.05) is 37.5 Å². The fraction of sp³-hybridized carbons (Fsp3) is 0.308. The minimum absolute atomic E-state index is 0.0199. The zero-order valence-corrected chi connectivity index (χ0v) is 20.5. The fourth-order valence-corrected chi connectivity index (χ4v) is 3.98. The summed E-state index contributed by atoms with van der Waals surface area (Å²) < 4.78 is 0. The second kappa shape index (κ2) is 12.1. The van der Waals surface area contributed by atoms with Crippen LogP contribution in [0.2, 0.25) is 5.02 Å². The highest BCUT2D eigenvalue weighted by Gasteiger charge is 2.22. The number of rotatable bonds is 4. The number of nitrogens with two attached hydrogens (primary N) is 1. The summed E-state index contributed by atoms with van der Waals surface area (Å²) in [5.41, 5.74) is 8.93. The van der Waals surface area contributed by atoms with Gasteiger partial charge in [-0.2, -0.15) is 0 Å². The molecule has 2 aromatic heterocycles.